The zero-order chi connectivity index (χ0) is 12.7. The molecule has 0 atom stereocenters. The lowest BCUT2D eigenvalue weighted by atomic mass is 9.94. The smallest absolute Gasteiger partial charge is 0.416 e. The van der Waals surface area contributed by atoms with Gasteiger partial charge in [-0.25, -0.2) is 0 Å². The Bertz CT molecular complexity index is 452. The maximum atomic E-state index is 12.7. The summed E-state index contributed by atoms with van der Waals surface area (Å²) in [6.45, 7) is 0. The first-order valence-electron chi connectivity index (χ1n) is 5.09. The van der Waals surface area contributed by atoms with E-state index in [1.807, 2.05) is 0 Å². The summed E-state index contributed by atoms with van der Waals surface area (Å²) in [6.07, 6.45) is -1.56. The van der Waals surface area contributed by atoms with Crippen LogP contribution < -0.4 is 0 Å². The van der Waals surface area contributed by atoms with E-state index in [-0.39, 0.29) is 12.0 Å². The molecular formula is C11H10F3NO2. The van der Waals surface area contributed by atoms with Crippen molar-refractivity contribution >= 4 is 5.97 Å². The van der Waals surface area contributed by atoms with Crippen LogP contribution >= 0.6 is 0 Å². The van der Waals surface area contributed by atoms with E-state index >= 15 is 0 Å². The summed E-state index contributed by atoms with van der Waals surface area (Å²) >= 11 is 0. The van der Waals surface area contributed by atoms with Crippen molar-refractivity contribution in [1.29, 1.82) is 0 Å². The topological polar surface area (TPSA) is 50.2 Å². The highest BCUT2D eigenvalue weighted by molar-refractivity contribution is 5.78. The standard InChI is InChI=1S/C11H10F3NO2/c12-11(13,14)8-1-4-15-6-7(8)5-10(2-3-10)9(16)17/h1,4,6H,2-3,5H2,(H,16,17). The molecule has 6 heteroatoms. The molecule has 0 unspecified atom stereocenters. The molecule has 1 aliphatic carbocycles. The fourth-order valence-corrected chi connectivity index (χ4v) is 1.83. The first kappa shape index (κ1) is 11.9. The van der Waals surface area contributed by atoms with Gasteiger partial charge >= 0.3 is 12.1 Å². The van der Waals surface area contributed by atoms with Gasteiger partial charge in [0.05, 0.1) is 11.0 Å². The second-order valence-electron chi connectivity index (χ2n) is 4.29. The number of carboxylic acids is 1. The zero-order valence-corrected chi connectivity index (χ0v) is 8.79. The normalized spacial score (nSPS) is 17.8. The molecule has 0 aliphatic heterocycles. The number of hydrogen-bond acceptors (Lipinski definition) is 2. The Kier molecular flexibility index (Phi) is 2.60. The number of nitrogens with zero attached hydrogens (tertiary/aromatic N) is 1. The number of halogens is 3. The Morgan fingerprint density at radius 3 is 2.59 bits per heavy atom. The first-order chi connectivity index (χ1) is 7.85. The van der Waals surface area contributed by atoms with Gasteiger partial charge in [-0.2, -0.15) is 13.2 Å². The lowest BCUT2D eigenvalue weighted by molar-refractivity contribution is -0.144. The van der Waals surface area contributed by atoms with Crippen LogP contribution in [-0.4, -0.2) is 16.1 Å². The van der Waals surface area contributed by atoms with E-state index in [9.17, 15) is 18.0 Å². The van der Waals surface area contributed by atoms with E-state index in [1.165, 1.54) is 0 Å². The van der Waals surface area contributed by atoms with Crippen LogP contribution in [0.1, 0.15) is 24.0 Å². The van der Waals surface area contributed by atoms with Gasteiger partial charge in [-0.3, -0.25) is 9.78 Å². The fourth-order valence-electron chi connectivity index (χ4n) is 1.83. The van der Waals surface area contributed by atoms with Crippen LogP contribution in [0.2, 0.25) is 0 Å². The van der Waals surface area contributed by atoms with Gasteiger partial charge in [-0.05, 0) is 30.9 Å². The van der Waals surface area contributed by atoms with Crippen LogP contribution in [0, 0.1) is 5.41 Å². The molecule has 2 rings (SSSR count). The van der Waals surface area contributed by atoms with Crippen LogP contribution in [-0.2, 0) is 17.4 Å². The third-order valence-electron chi connectivity index (χ3n) is 3.05. The first-order valence-corrected chi connectivity index (χ1v) is 5.09. The van der Waals surface area contributed by atoms with E-state index < -0.39 is 23.1 Å². The van der Waals surface area contributed by atoms with E-state index in [0.717, 1.165) is 18.5 Å². The molecule has 1 fully saturated rings. The molecule has 1 heterocycles. The van der Waals surface area contributed by atoms with Gasteiger partial charge < -0.3 is 5.11 Å². The molecule has 1 saturated carbocycles. The quantitative estimate of drug-likeness (QED) is 0.890. The van der Waals surface area contributed by atoms with Crippen LogP contribution in [0.25, 0.3) is 0 Å². The van der Waals surface area contributed by atoms with Crippen molar-refractivity contribution in [2.75, 3.05) is 0 Å². The summed E-state index contributed by atoms with van der Waals surface area (Å²) in [4.78, 5) is 14.6. The molecule has 0 amide bonds. The van der Waals surface area contributed by atoms with Gasteiger partial charge in [0.15, 0.2) is 0 Å². The summed E-state index contributed by atoms with van der Waals surface area (Å²) in [5.41, 5.74) is -1.84. The molecule has 1 aromatic heterocycles. The number of aliphatic carboxylic acids is 1. The molecule has 0 aromatic carbocycles. The van der Waals surface area contributed by atoms with Gasteiger partial charge in [0, 0.05) is 12.4 Å². The summed E-state index contributed by atoms with van der Waals surface area (Å²) in [5, 5.41) is 8.96. The van der Waals surface area contributed by atoms with Crippen molar-refractivity contribution in [3.63, 3.8) is 0 Å². The summed E-state index contributed by atoms with van der Waals surface area (Å²) in [6, 6.07) is 0.882. The number of rotatable bonds is 3. The Hall–Kier alpha value is -1.59. The fraction of sp³-hybridized carbons (Fsp3) is 0.455. The second kappa shape index (κ2) is 3.72. The largest absolute Gasteiger partial charge is 0.481 e. The highest BCUT2D eigenvalue weighted by Crippen LogP contribution is 2.49. The van der Waals surface area contributed by atoms with Crippen molar-refractivity contribution in [3.8, 4) is 0 Å². The van der Waals surface area contributed by atoms with Crippen LogP contribution in [0.5, 0.6) is 0 Å². The minimum Gasteiger partial charge on any atom is -0.481 e. The van der Waals surface area contributed by atoms with Crippen LogP contribution in [0.15, 0.2) is 18.5 Å². The molecule has 3 nitrogen and oxygen atoms in total. The molecule has 1 aliphatic rings. The second-order valence-corrected chi connectivity index (χ2v) is 4.29. The molecule has 0 bridgehead atoms. The third kappa shape index (κ3) is 2.25. The van der Waals surface area contributed by atoms with E-state index in [1.54, 1.807) is 0 Å². The highest BCUT2D eigenvalue weighted by Gasteiger charge is 2.51. The molecule has 1 aromatic rings. The lowest BCUT2D eigenvalue weighted by Gasteiger charge is -2.15. The molecule has 1 N–H and O–H groups in total. The third-order valence-corrected chi connectivity index (χ3v) is 3.05. The SMILES string of the molecule is O=C(O)C1(Cc2cnccc2C(F)(F)F)CC1. The number of hydrogen-bond donors (Lipinski definition) is 1. The highest BCUT2D eigenvalue weighted by atomic mass is 19.4. The molecule has 0 saturated heterocycles. The zero-order valence-electron chi connectivity index (χ0n) is 8.79. The van der Waals surface area contributed by atoms with Gasteiger partial charge in [0.2, 0.25) is 0 Å². The summed E-state index contributed by atoms with van der Waals surface area (Å²) in [7, 11) is 0. The molecule has 17 heavy (non-hydrogen) atoms. The minimum absolute atomic E-state index is 0.0418. The van der Waals surface area contributed by atoms with Crippen molar-refractivity contribution in [3.05, 3.63) is 29.6 Å². The Morgan fingerprint density at radius 1 is 1.47 bits per heavy atom. The van der Waals surface area contributed by atoms with Gasteiger partial charge in [0.25, 0.3) is 0 Å². The van der Waals surface area contributed by atoms with E-state index in [4.69, 9.17) is 5.11 Å². The average Bonchev–Trinajstić information content (AvgIpc) is 2.98. The van der Waals surface area contributed by atoms with Gasteiger partial charge in [0.1, 0.15) is 0 Å². The maximum Gasteiger partial charge on any atom is 0.416 e. The summed E-state index contributed by atoms with van der Waals surface area (Å²) < 4.78 is 38.0. The van der Waals surface area contributed by atoms with Crippen molar-refractivity contribution in [1.82, 2.24) is 4.98 Å². The Balaban J connectivity index is 2.31. The van der Waals surface area contributed by atoms with Crippen LogP contribution in [0.3, 0.4) is 0 Å². The van der Waals surface area contributed by atoms with Crippen molar-refractivity contribution in [2.45, 2.75) is 25.4 Å². The predicted molar refractivity (Wildman–Crippen MR) is 52.2 cm³/mol. The van der Waals surface area contributed by atoms with Gasteiger partial charge in [-0.15, -0.1) is 0 Å². The lowest BCUT2D eigenvalue weighted by Crippen LogP contribution is -2.20. The maximum absolute atomic E-state index is 12.7. The minimum atomic E-state index is -4.47. The van der Waals surface area contributed by atoms with Crippen molar-refractivity contribution in [2.24, 2.45) is 5.41 Å². The Morgan fingerprint density at radius 2 is 2.12 bits per heavy atom. The molecule has 0 spiro atoms. The van der Waals surface area contributed by atoms with E-state index in [0.29, 0.717) is 12.8 Å². The predicted octanol–water partition coefficient (Wildman–Crippen LogP) is 2.51. The number of carboxylic acid groups (broad SMARTS) is 1. The number of pyridine rings is 1. The number of aromatic nitrogens is 1. The number of alkyl halides is 3. The summed E-state index contributed by atoms with van der Waals surface area (Å²) in [5.74, 6) is -1.03. The van der Waals surface area contributed by atoms with Gasteiger partial charge in [-0.1, -0.05) is 0 Å². The average molecular weight is 245 g/mol. The monoisotopic (exact) mass is 245 g/mol. The van der Waals surface area contributed by atoms with Crippen LogP contribution in [0.4, 0.5) is 13.2 Å². The molecule has 0 radical (unpaired) electrons. The molecular weight excluding hydrogens is 235 g/mol. The number of carbonyl (C=O) groups is 1. The molecule has 92 valence electrons. The Labute approximate surface area is 95.3 Å². The van der Waals surface area contributed by atoms with Crippen molar-refractivity contribution < 1.29 is 23.1 Å². The van der Waals surface area contributed by atoms with E-state index in [2.05, 4.69) is 4.98 Å².